The van der Waals surface area contributed by atoms with E-state index in [0.29, 0.717) is 22.0 Å². The zero-order chi connectivity index (χ0) is 15.0. The number of ether oxygens (including phenoxy) is 1. The van der Waals surface area contributed by atoms with Gasteiger partial charge in [0.25, 0.3) is 0 Å². The van der Waals surface area contributed by atoms with Crippen LogP contribution >= 0.6 is 11.6 Å². The summed E-state index contributed by atoms with van der Waals surface area (Å²) in [5.74, 6) is -0.815. The van der Waals surface area contributed by atoms with Crippen molar-refractivity contribution in [2.75, 3.05) is 7.11 Å². The third-order valence-corrected chi connectivity index (χ3v) is 3.35. The number of hydrogen-bond donors (Lipinski definition) is 1. The Morgan fingerprint density at radius 2 is 2.05 bits per heavy atom. The fraction of sp³-hybridized carbons (Fsp3) is 0.0667. The Balaban J connectivity index is 2.21. The molecule has 0 fully saturated rings. The predicted molar refractivity (Wildman–Crippen MR) is 78.0 cm³/mol. The summed E-state index contributed by atoms with van der Waals surface area (Å²) in [4.78, 5) is 10.9. The number of halogens is 1. The topological polar surface area (TPSA) is 72.6 Å². The molecule has 0 saturated carbocycles. The lowest BCUT2D eigenvalue weighted by Gasteiger charge is -2.08. The van der Waals surface area contributed by atoms with Crippen molar-refractivity contribution < 1.29 is 19.2 Å². The molecule has 0 unspecified atom stereocenters. The molecule has 1 aromatic heterocycles. The number of fused-ring (bicyclic) bond motifs is 1. The first-order valence-electron chi connectivity index (χ1n) is 6.06. The van der Waals surface area contributed by atoms with E-state index in [1.807, 2.05) is 24.3 Å². The van der Waals surface area contributed by atoms with Crippen LogP contribution < -0.4 is 4.74 Å². The number of carboxylic acids is 1. The molecule has 0 aliphatic carbocycles. The first-order chi connectivity index (χ1) is 10.1. The van der Waals surface area contributed by atoms with Crippen molar-refractivity contribution in [1.29, 1.82) is 0 Å². The maximum atomic E-state index is 10.9. The largest absolute Gasteiger partial charge is 0.496 e. The number of methoxy groups -OCH3 is 1. The van der Waals surface area contributed by atoms with Crippen molar-refractivity contribution in [3.63, 3.8) is 0 Å². The molecule has 0 atom stereocenters. The molecule has 1 N–H and O–H groups in total. The average molecular weight is 304 g/mol. The minimum absolute atomic E-state index is 0.224. The number of aromatic nitrogens is 1. The van der Waals surface area contributed by atoms with Crippen molar-refractivity contribution in [3.8, 4) is 17.0 Å². The van der Waals surface area contributed by atoms with Gasteiger partial charge in [0.2, 0.25) is 5.76 Å². The SMILES string of the molecule is COc1cc2ccc(Cl)cc2cc1-c1cc(C(=O)O)on1. The van der Waals surface area contributed by atoms with E-state index in [1.54, 1.807) is 13.2 Å². The van der Waals surface area contributed by atoms with Gasteiger partial charge in [0.1, 0.15) is 11.4 Å². The van der Waals surface area contributed by atoms with E-state index in [4.69, 9.17) is 26.0 Å². The monoisotopic (exact) mass is 303 g/mol. The molecule has 3 rings (SSSR count). The average Bonchev–Trinajstić information content (AvgIpc) is 2.95. The van der Waals surface area contributed by atoms with Crippen LogP contribution in [-0.4, -0.2) is 23.3 Å². The van der Waals surface area contributed by atoms with Crippen LogP contribution in [0.5, 0.6) is 5.75 Å². The van der Waals surface area contributed by atoms with Gasteiger partial charge in [0.15, 0.2) is 0 Å². The lowest BCUT2D eigenvalue weighted by atomic mass is 10.0. The van der Waals surface area contributed by atoms with Crippen molar-refractivity contribution in [2.45, 2.75) is 0 Å². The fourth-order valence-corrected chi connectivity index (χ4v) is 2.30. The van der Waals surface area contributed by atoms with Crippen LogP contribution in [0.25, 0.3) is 22.0 Å². The van der Waals surface area contributed by atoms with Crippen molar-refractivity contribution >= 4 is 28.3 Å². The van der Waals surface area contributed by atoms with E-state index in [1.165, 1.54) is 6.07 Å². The van der Waals surface area contributed by atoms with Gasteiger partial charge in [-0.25, -0.2) is 4.79 Å². The van der Waals surface area contributed by atoms with Crippen LogP contribution in [-0.2, 0) is 0 Å². The standard InChI is InChI=1S/C15H10ClNO4/c1-20-13-6-8-2-3-10(16)4-9(8)5-11(13)12-7-14(15(18)19)21-17-12/h2-7H,1H3,(H,18,19). The lowest BCUT2D eigenvalue weighted by molar-refractivity contribution is 0.0652. The zero-order valence-corrected chi connectivity index (χ0v) is 11.7. The number of carbonyl (C=O) groups is 1. The highest BCUT2D eigenvalue weighted by atomic mass is 35.5. The first-order valence-corrected chi connectivity index (χ1v) is 6.44. The molecular formula is C15H10ClNO4. The minimum Gasteiger partial charge on any atom is -0.496 e. The molecule has 5 nitrogen and oxygen atoms in total. The van der Waals surface area contributed by atoms with Crippen LogP contribution in [0.4, 0.5) is 0 Å². The summed E-state index contributed by atoms with van der Waals surface area (Å²) < 4.78 is 10.1. The van der Waals surface area contributed by atoms with Crippen molar-refractivity contribution in [3.05, 3.63) is 47.2 Å². The number of aromatic carboxylic acids is 1. The second-order valence-corrected chi connectivity index (χ2v) is 4.86. The Bertz CT molecular complexity index is 841. The summed E-state index contributed by atoms with van der Waals surface area (Å²) >= 11 is 5.99. The van der Waals surface area contributed by atoms with Gasteiger partial charge in [0.05, 0.1) is 7.11 Å². The predicted octanol–water partition coefficient (Wildman–Crippen LogP) is 3.86. The van der Waals surface area contributed by atoms with E-state index in [9.17, 15) is 4.79 Å². The molecule has 1 heterocycles. The normalized spacial score (nSPS) is 10.8. The van der Waals surface area contributed by atoms with Gasteiger partial charge in [-0.15, -0.1) is 0 Å². The van der Waals surface area contributed by atoms with Gasteiger partial charge in [-0.1, -0.05) is 22.8 Å². The molecule has 0 aliphatic rings. The first kappa shape index (κ1) is 13.5. The second kappa shape index (κ2) is 5.10. The van der Waals surface area contributed by atoms with Gasteiger partial charge < -0.3 is 14.4 Å². The summed E-state index contributed by atoms with van der Waals surface area (Å²) in [5.41, 5.74) is 1.04. The molecule has 2 aromatic carbocycles. The molecule has 0 amide bonds. The highest BCUT2D eigenvalue weighted by Gasteiger charge is 2.16. The summed E-state index contributed by atoms with van der Waals surface area (Å²) in [6.07, 6.45) is 0. The van der Waals surface area contributed by atoms with E-state index >= 15 is 0 Å². The van der Waals surface area contributed by atoms with E-state index in [0.717, 1.165) is 10.8 Å². The third kappa shape index (κ3) is 2.43. The van der Waals surface area contributed by atoms with Gasteiger partial charge in [0, 0.05) is 16.7 Å². The van der Waals surface area contributed by atoms with Crippen LogP contribution in [0, 0.1) is 0 Å². The Morgan fingerprint density at radius 3 is 2.71 bits per heavy atom. The zero-order valence-electron chi connectivity index (χ0n) is 11.0. The van der Waals surface area contributed by atoms with Gasteiger partial charge in [-0.3, -0.25) is 0 Å². The fourth-order valence-electron chi connectivity index (χ4n) is 2.12. The van der Waals surface area contributed by atoms with Crippen LogP contribution in [0.1, 0.15) is 10.6 Å². The van der Waals surface area contributed by atoms with E-state index in [-0.39, 0.29) is 5.76 Å². The third-order valence-electron chi connectivity index (χ3n) is 3.12. The highest BCUT2D eigenvalue weighted by molar-refractivity contribution is 6.31. The summed E-state index contributed by atoms with van der Waals surface area (Å²) in [5, 5.41) is 15.2. The Kier molecular flexibility index (Phi) is 3.27. The Hall–Kier alpha value is -2.53. The molecule has 21 heavy (non-hydrogen) atoms. The second-order valence-electron chi connectivity index (χ2n) is 4.43. The van der Waals surface area contributed by atoms with Gasteiger partial charge in [-0.05, 0) is 35.0 Å². The molecule has 0 radical (unpaired) electrons. The number of benzene rings is 2. The van der Waals surface area contributed by atoms with E-state index in [2.05, 4.69) is 5.16 Å². The van der Waals surface area contributed by atoms with Gasteiger partial charge in [-0.2, -0.15) is 0 Å². The van der Waals surface area contributed by atoms with Crippen LogP contribution in [0.3, 0.4) is 0 Å². The smallest absolute Gasteiger partial charge is 0.374 e. The molecule has 0 aliphatic heterocycles. The molecule has 0 bridgehead atoms. The maximum Gasteiger partial charge on any atom is 0.374 e. The molecule has 0 spiro atoms. The molecule has 6 heteroatoms. The number of carboxylic acid groups (broad SMARTS) is 1. The number of hydrogen-bond acceptors (Lipinski definition) is 4. The molecule has 0 saturated heterocycles. The lowest BCUT2D eigenvalue weighted by Crippen LogP contribution is -1.92. The van der Waals surface area contributed by atoms with Crippen LogP contribution in [0.15, 0.2) is 40.9 Å². The summed E-state index contributed by atoms with van der Waals surface area (Å²) in [6.45, 7) is 0. The summed E-state index contributed by atoms with van der Waals surface area (Å²) in [7, 11) is 1.54. The van der Waals surface area contributed by atoms with E-state index < -0.39 is 5.97 Å². The highest BCUT2D eigenvalue weighted by Crippen LogP contribution is 2.34. The van der Waals surface area contributed by atoms with Gasteiger partial charge >= 0.3 is 5.97 Å². The quantitative estimate of drug-likeness (QED) is 0.795. The number of rotatable bonds is 3. The summed E-state index contributed by atoms with van der Waals surface area (Å²) in [6, 6.07) is 10.5. The molecule has 106 valence electrons. The number of nitrogens with zero attached hydrogens (tertiary/aromatic N) is 1. The molecular weight excluding hydrogens is 294 g/mol. The van der Waals surface area contributed by atoms with Crippen LogP contribution in [0.2, 0.25) is 5.02 Å². The minimum atomic E-state index is -1.17. The maximum absolute atomic E-state index is 10.9. The Labute approximate surface area is 124 Å². The Morgan fingerprint density at radius 1 is 1.24 bits per heavy atom. The van der Waals surface area contributed by atoms with Crippen molar-refractivity contribution in [2.24, 2.45) is 0 Å². The van der Waals surface area contributed by atoms with Crippen molar-refractivity contribution in [1.82, 2.24) is 5.16 Å². The molecule has 3 aromatic rings.